The monoisotopic (exact) mass is 289 g/mol. The molecule has 0 amide bonds. The lowest BCUT2D eigenvalue weighted by Gasteiger charge is -2.40. The number of aromatic nitrogens is 2. The van der Waals surface area contributed by atoms with E-state index in [0.29, 0.717) is 16.7 Å². The molecule has 0 aliphatic heterocycles. The van der Waals surface area contributed by atoms with Gasteiger partial charge in [-0.15, -0.1) is 0 Å². The van der Waals surface area contributed by atoms with Crippen LogP contribution in [-0.4, -0.2) is 28.3 Å². The number of hydrogen-bond acceptors (Lipinski definition) is 3. The fraction of sp³-hybridized carbons (Fsp3) is 0.562. The quantitative estimate of drug-likeness (QED) is 0.902. The van der Waals surface area contributed by atoms with Crippen molar-refractivity contribution in [2.75, 3.05) is 7.05 Å². The van der Waals surface area contributed by atoms with E-state index in [1.165, 1.54) is 19.3 Å². The molecular weight excluding hydrogens is 266 g/mol. The lowest BCUT2D eigenvalue weighted by molar-refractivity contribution is 0.218. The van der Waals surface area contributed by atoms with Gasteiger partial charge in [-0.2, -0.15) is 0 Å². The second-order valence-electron chi connectivity index (χ2n) is 6.52. The van der Waals surface area contributed by atoms with Crippen LogP contribution in [0.15, 0.2) is 29.4 Å². The Morgan fingerprint density at radius 1 is 1.35 bits per heavy atom. The number of nitrogens with zero attached hydrogens (tertiary/aromatic N) is 1. The third kappa shape index (κ3) is 2.86. The lowest BCUT2D eigenvalue weighted by Crippen LogP contribution is -2.43. The van der Waals surface area contributed by atoms with Crippen molar-refractivity contribution in [3.63, 3.8) is 0 Å². The van der Waals surface area contributed by atoms with Crippen molar-refractivity contribution in [1.29, 1.82) is 0 Å². The molecule has 108 valence electrons. The second kappa shape index (κ2) is 5.41. The van der Waals surface area contributed by atoms with Gasteiger partial charge in [-0.25, -0.2) is 4.98 Å². The SMILES string of the molecule is CNC1CCC(C)(C)CC1Sc1nc2ccccc2[nH]1. The topological polar surface area (TPSA) is 40.7 Å². The van der Waals surface area contributed by atoms with Gasteiger partial charge >= 0.3 is 0 Å². The molecule has 0 radical (unpaired) electrons. The van der Waals surface area contributed by atoms with E-state index in [1.807, 2.05) is 17.8 Å². The molecular formula is C16H23N3S. The van der Waals surface area contributed by atoms with Crippen molar-refractivity contribution in [2.24, 2.45) is 5.41 Å². The molecule has 2 atom stereocenters. The maximum absolute atomic E-state index is 4.70. The predicted octanol–water partition coefficient (Wildman–Crippen LogP) is 3.82. The summed E-state index contributed by atoms with van der Waals surface area (Å²) in [5, 5.41) is 5.12. The standard InChI is InChI=1S/C16H23N3S/c1-16(2)9-8-13(17-3)14(10-16)20-15-18-11-6-4-5-7-12(11)19-15/h4-7,13-14,17H,8-10H2,1-3H3,(H,18,19). The molecule has 2 unspecified atom stereocenters. The van der Waals surface area contributed by atoms with Gasteiger partial charge in [0, 0.05) is 11.3 Å². The molecule has 0 bridgehead atoms. The fourth-order valence-corrected chi connectivity index (χ4v) is 4.68. The molecule has 1 aliphatic rings. The van der Waals surface area contributed by atoms with E-state index in [4.69, 9.17) is 4.98 Å². The number of rotatable bonds is 3. The van der Waals surface area contributed by atoms with E-state index in [1.54, 1.807) is 0 Å². The maximum Gasteiger partial charge on any atom is 0.166 e. The van der Waals surface area contributed by atoms with Gasteiger partial charge in [0.2, 0.25) is 0 Å². The van der Waals surface area contributed by atoms with Gasteiger partial charge in [0.25, 0.3) is 0 Å². The van der Waals surface area contributed by atoms with Crippen LogP contribution in [0.1, 0.15) is 33.1 Å². The molecule has 2 N–H and O–H groups in total. The fourth-order valence-electron chi connectivity index (χ4n) is 3.10. The summed E-state index contributed by atoms with van der Waals surface area (Å²) >= 11 is 1.90. The van der Waals surface area contributed by atoms with E-state index >= 15 is 0 Å². The molecule has 0 saturated heterocycles. The molecule has 2 aromatic rings. The molecule has 3 nitrogen and oxygen atoms in total. The number of fused-ring (bicyclic) bond motifs is 1. The number of para-hydroxylation sites is 2. The van der Waals surface area contributed by atoms with Crippen LogP contribution in [0.25, 0.3) is 11.0 Å². The first-order valence-corrected chi connectivity index (χ1v) is 8.24. The van der Waals surface area contributed by atoms with Crippen molar-refractivity contribution in [3.05, 3.63) is 24.3 Å². The first-order valence-electron chi connectivity index (χ1n) is 7.36. The molecule has 3 rings (SSSR count). The number of H-pyrrole nitrogens is 1. The molecule has 20 heavy (non-hydrogen) atoms. The third-order valence-corrected chi connectivity index (χ3v) is 5.55. The molecule has 1 aliphatic carbocycles. The Balaban J connectivity index is 1.80. The zero-order valence-electron chi connectivity index (χ0n) is 12.4. The number of imidazole rings is 1. The molecule has 1 saturated carbocycles. The third-order valence-electron chi connectivity index (χ3n) is 4.34. The molecule has 1 fully saturated rings. The van der Waals surface area contributed by atoms with E-state index < -0.39 is 0 Å². The molecule has 1 heterocycles. The van der Waals surface area contributed by atoms with Gasteiger partial charge < -0.3 is 10.3 Å². The number of hydrogen-bond donors (Lipinski definition) is 2. The van der Waals surface area contributed by atoms with Gasteiger partial charge in [-0.1, -0.05) is 37.7 Å². The van der Waals surface area contributed by atoms with E-state index in [0.717, 1.165) is 16.2 Å². The Hall–Kier alpha value is -1.00. The van der Waals surface area contributed by atoms with Crippen LogP contribution in [0.2, 0.25) is 0 Å². The lowest BCUT2D eigenvalue weighted by atomic mass is 9.75. The first-order chi connectivity index (χ1) is 9.57. The van der Waals surface area contributed by atoms with Crippen LogP contribution < -0.4 is 5.32 Å². The number of nitrogens with one attached hydrogen (secondary N) is 2. The van der Waals surface area contributed by atoms with Crippen molar-refractivity contribution < 1.29 is 0 Å². The largest absolute Gasteiger partial charge is 0.333 e. The minimum atomic E-state index is 0.442. The average molecular weight is 289 g/mol. The normalized spacial score (nSPS) is 25.9. The van der Waals surface area contributed by atoms with Gasteiger partial charge in [0.05, 0.1) is 11.0 Å². The highest BCUT2D eigenvalue weighted by molar-refractivity contribution is 7.99. The average Bonchev–Trinajstić information content (AvgIpc) is 2.80. The maximum atomic E-state index is 4.70. The van der Waals surface area contributed by atoms with Crippen LogP contribution in [0.3, 0.4) is 0 Å². The predicted molar refractivity (Wildman–Crippen MR) is 86.2 cm³/mol. The van der Waals surface area contributed by atoms with Gasteiger partial charge in [0.15, 0.2) is 5.16 Å². The van der Waals surface area contributed by atoms with E-state index in [9.17, 15) is 0 Å². The van der Waals surface area contributed by atoms with Crippen molar-refractivity contribution in [2.45, 2.75) is 49.6 Å². The molecule has 4 heteroatoms. The summed E-state index contributed by atoms with van der Waals surface area (Å²) in [4.78, 5) is 8.14. The molecule has 0 spiro atoms. The summed E-state index contributed by atoms with van der Waals surface area (Å²) in [5.41, 5.74) is 2.63. The molecule has 1 aromatic carbocycles. The Morgan fingerprint density at radius 3 is 2.90 bits per heavy atom. The van der Waals surface area contributed by atoms with Gasteiger partial charge in [-0.3, -0.25) is 0 Å². The second-order valence-corrected chi connectivity index (χ2v) is 7.75. The first kappa shape index (κ1) is 14.0. The Morgan fingerprint density at radius 2 is 2.15 bits per heavy atom. The summed E-state index contributed by atoms with van der Waals surface area (Å²) in [6.07, 6.45) is 3.79. The highest BCUT2D eigenvalue weighted by Gasteiger charge is 2.35. The number of thioether (sulfide) groups is 1. The van der Waals surface area contributed by atoms with Crippen LogP contribution >= 0.6 is 11.8 Å². The number of aromatic amines is 1. The Bertz CT molecular complexity index is 557. The minimum absolute atomic E-state index is 0.442. The zero-order valence-corrected chi connectivity index (χ0v) is 13.3. The summed E-state index contributed by atoms with van der Waals surface area (Å²) < 4.78 is 0. The highest BCUT2D eigenvalue weighted by atomic mass is 32.2. The number of benzene rings is 1. The Kier molecular flexibility index (Phi) is 3.78. The van der Waals surface area contributed by atoms with Crippen molar-refractivity contribution in [3.8, 4) is 0 Å². The Labute approximate surface area is 124 Å². The summed E-state index contributed by atoms with van der Waals surface area (Å²) in [6.45, 7) is 4.76. The van der Waals surface area contributed by atoms with E-state index in [-0.39, 0.29) is 0 Å². The summed E-state index contributed by atoms with van der Waals surface area (Å²) in [5.74, 6) is 0. The smallest absolute Gasteiger partial charge is 0.166 e. The summed E-state index contributed by atoms with van der Waals surface area (Å²) in [6, 6.07) is 8.83. The molecule has 1 aromatic heterocycles. The van der Waals surface area contributed by atoms with Crippen LogP contribution in [-0.2, 0) is 0 Å². The van der Waals surface area contributed by atoms with Crippen LogP contribution in [0.4, 0.5) is 0 Å². The minimum Gasteiger partial charge on any atom is -0.333 e. The van der Waals surface area contributed by atoms with E-state index in [2.05, 4.69) is 49.4 Å². The zero-order chi connectivity index (χ0) is 14.2. The van der Waals surface area contributed by atoms with Gasteiger partial charge in [0.1, 0.15) is 0 Å². The summed E-state index contributed by atoms with van der Waals surface area (Å²) in [7, 11) is 2.08. The van der Waals surface area contributed by atoms with Crippen molar-refractivity contribution in [1.82, 2.24) is 15.3 Å². The van der Waals surface area contributed by atoms with Crippen LogP contribution in [0, 0.1) is 5.41 Å². The van der Waals surface area contributed by atoms with Gasteiger partial charge in [-0.05, 0) is 43.9 Å². The van der Waals surface area contributed by atoms with Crippen LogP contribution in [0.5, 0.6) is 0 Å². The highest BCUT2D eigenvalue weighted by Crippen LogP contribution is 2.42. The van der Waals surface area contributed by atoms with Crippen molar-refractivity contribution >= 4 is 22.8 Å².